The maximum atomic E-state index is 13.4. The zero-order valence-electron chi connectivity index (χ0n) is 14.8. The van der Waals surface area contributed by atoms with E-state index in [1.165, 1.54) is 31.4 Å². The summed E-state index contributed by atoms with van der Waals surface area (Å²) in [6, 6.07) is 17.5. The van der Waals surface area contributed by atoms with Crippen LogP contribution in [0.15, 0.2) is 77.7 Å². The molecule has 0 saturated heterocycles. The fraction of sp³-hybridized carbons (Fsp3) is 0.0500. The minimum Gasteiger partial charge on any atom is -0.497 e. The smallest absolute Gasteiger partial charge is 0.262 e. The third kappa shape index (κ3) is 4.47. The molecule has 2 N–H and O–H groups in total. The Hall–Kier alpha value is -3.39. The van der Waals surface area contributed by atoms with Gasteiger partial charge in [-0.1, -0.05) is 18.2 Å². The van der Waals surface area contributed by atoms with Crippen molar-refractivity contribution >= 4 is 27.3 Å². The van der Waals surface area contributed by atoms with Crippen LogP contribution in [-0.2, 0) is 10.0 Å². The van der Waals surface area contributed by atoms with Crippen LogP contribution in [0.25, 0.3) is 0 Å². The highest BCUT2D eigenvalue weighted by atomic mass is 32.2. The number of nitrogens with one attached hydrogen (secondary N) is 2. The number of benzene rings is 3. The Labute approximate surface area is 162 Å². The molecule has 0 fully saturated rings. The molecule has 0 aliphatic heterocycles. The van der Waals surface area contributed by atoms with E-state index in [4.69, 9.17) is 4.74 Å². The molecule has 0 aliphatic carbocycles. The second-order valence-corrected chi connectivity index (χ2v) is 7.47. The van der Waals surface area contributed by atoms with Gasteiger partial charge in [-0.15, -0.1) is 0 Å². The summed E-state index contributed by atoms with van der Waals surface area (Å²) in [6.07, 6.45) is 0. The van der Waals surface area contributed by atoms with E-state index in [0.717, 1.165) is 12.1 Å². The normalized spacial score (nSPS) is 10.9. The zero-order valence-corrected chi connectivity index (χ0v) is 15.7. The van der Waals surface area contributed by atoms with Gasteiger partial charge < -0.3 is 10.1 Å². The van der Waals surface area contributed by atoms with Crippen LogP contribution in [0, 0.1) is 5.82 Å². The number of carbonyl (C=O) groups is 1. The highest BCUT2D eigenvalue weighted by molar-refractivity contribution is 7.92. The standard InChI is InChI=1S/C20H17FN2O4S/c1-27-16-11-9-15(10-12-16)22-20(24)18-7-2-3-8-19(18)23-28(25,26)17-6-4-5-14(21)13-17/h2-13,23H,1H3,(H,22,24). The summed E-state index contributed by atoms with van der Waals surface area (Å²) < 4.78 is 45.9. The molecule has 1 amide bonds. The number of methoxy groups -OCH3 is 1. The van der Waals surface area contributed by atoms with Gasteiger partial charge in [0.05, 0.1) is 23.3 Å². The lowest BCUT2D eigenvalue weighted by Crippen LogP contribution is -2.18. The number of amides is 1. The van der Waals surface area contributed by atoms with Crippen molar-refractivity contribution in [3.8, 4) is 5.75 Å². The SMILES string of the molecule is COc1ccc(NC(=O)c2ccccc2NS(=O)(=O)c2cccc(F)c2)cc1. The predicted octanol–water partition coefficient (Wildman–Crippen LogP) is 3.89. The van der Waals surface area contributed by atoms with Crippen molar-refractivity contribution in [3.63, 3.8) is 0 Å². The monoisotopic (exact) mass is 400 g/mol. The van der Waals surface area contributed by atoms with Crippen molar-refractivity contribution in [3.05, 3.63) is 84.2 Å². The minimum atomic E-state index is -4.06. The molecular weight excluding hydrogens is 383 g/mol. The molecule has 6 nitrogen and oxygen atoms in total. The Kier molecular flexibility index (Phi) is 5.60. The van der Waals surface area contributed by atoms with Crippen molar-refractivity contribution in [2.75, 3.05) is 17.1 Å². The van der Waals surface area contributed by atoms with Crippen LogP contribution in [0.1, 0.15) is 10.4 Å². The van der Waals surface area contributed by atoms with Crippen molar-refractivity contribution in [1.29, 1.82) is 0 Å². The van der Waals surface area contributed by atoms with Crippen molar-refractivity contribution < 1.29 is 22.3 Å². The molecule has 0 atom stereocenters. The number of hydrogen-bond acceptors (Lipinski definition) is 4. The number of anilines is 2. The summed E-state index contributed by atoms with van der Waals surface area (Å²) in [6.45, 7) is 0. The molecule has 28 heavy (non-hydrogen) atoms. The van der Waals surface area contributed by atoms with E-state index >= 15 is 0 Å². The molecule has 8 heteroatoms. The van der Waals surface area contributed by atoms with Gasteiger partial charge in [-0.2, -0.15) is 0 Å². The summed E-state index contributed by atoms with van der Waals surface area (Å²) in [5, 5.41) is 2.70. The predicted molar refractivity (Wildman–Crippen MR) is 105 cm³/mol. The second-order valence-electron chi connectivity index (χ2n) is 5.79. The lowest BCUT2D eigenvalue weighted by atomic mass is 10.1. The van der Waals surface area contributed by atoms with Crippen LogP contribution < -0.4 is 14.8 Å². The maximum Gasteiger partial charge on any atom is 0.262 e. The largest absolute Gasteiger partial charge is 0.497 e. The Balaban J connectivity index is 1.85. The third-order valence-electron chi connectivity index (χ3n) is 3.87. The molecular formula is C20H17FN2O4S. The molecule has 0 bridgehead atoms. The topological polar surface area (TPSA) is 84.5 Å². The first-order valence-electron chi connectivity index (χ1n) is 8.22. The van der Waals surface area contributed by atoms with Crippen LogP contribution in [0.4, 0.5) is 15.8 Å². The van der Waals surface area contributed by atoms with Gasteiger partial charge in [0.2, 0.25) is 0 Å². The molecule has 3 rings (SSSR count). The summed E-state index contributed by atoms with van der Waals surface area (Å²) in [4.78, 5) is 12.4. The molecule has 0 saturated carbocycles. The Morgan fingerprint density at radius 1 is 0.964 bits per heavy atom. The zero-order chi connectivity index (χ0) is 20.1. The Bertz CT molecular complexity index is 1100. The van der Waals surface area contributed by atoms with Crippen LogP contribution >= 0.6 is 0 Å². The van der Waals surface area contributed by atoms with Crippen LogP contribution in [-0.4, -0.2) is 21.4 Å². The number of carbonyl (C=O) groups excluding carboxylic acids is 1. The van der Waals surface area contributed by atoms with E-state index in [9.17, 15) is 17.6 Å². The molecule has 3 aromatic carbocycles. The van der Waals surface area contributed by atoms with Crippen molar-refractivity contribution in [1.82, 2.24) is 0 Å². The van der Waals surface area contributed by atoms with Gasteiger partial charge in [-0.3, -0.25) is 9.52 Å². The van der Waals surface area contributed by atoms with Gasteiger partial charge in [0.25, 0.3) is 15.9 Å². The van der Waals surface area contributed by atoms with Crippen molar-refractivity contribution in [2.45, 2.75) is 4.90 Å². The fourth-order valence-corrected chi connectivity index (χ4v) is 3.59. The second kappa shape index (κ2) is 8.10. The van der Waals surface area contributed by atoms with Gasteiger partial charge >= 0.3 is 0 Å². The molecule has 0 aliphatic rings. The minimum absolute atomic E-state index is 0.0813. The molecule has 0 spiro atoms. The first-order chi connectivity index (χ1) is 13.4. The van der Waals surface area contributed by atoms with Gasteiger partial charge in [-0.25, -0.2) is 12.8 Å². The number of ether oxygens (including phenoxy) is 1. The molecule has 0 heterocycles. The number of halogens is 1. The fourth-order valence-electron chi connectivity index (χ4n) is 2.48. The molecule has 0 unspecified atom stereocenters. The Morgan fingerprint density at radius 3 is 2.36 bits per heavy atom. The highest BCUT2D eigenvalue weighted by Gasteiger charge is 2.19. The van der Waals surface area contributed by atoms with Crippen LogP contribution in [0.5, 0.6) is 5.75 Å². The maximum absolute atomic E-state index is 13.4. The quantitative estimate of drug-likeness (QED) is 0.658. The van der Waals surface area contributed by atoms with E-state index in [-0.39, 0.29) is 16.1 Å². The number of rotatable bonds is 6. The van der Waals surface area contributed by atoms with Gasteiger partial charge in [0.1, 0.15) is 11.6 Å². The van der Waals surface area contributed by atoms with Crippen molar-refractivity contribution in [2.24, 2.45) is 0 Å². The number of hydrogen-bond donors (Lipinski definition) is 2. The van der Waals surface area contributed by atoms with Crippen LogP contribution in [0.2, 0.25) is 0 Å². The molecule has 3 aromatic rings. The van der Waals surface area contributed by atoms with Gasteiger partial charge in [0, 0.05) is 5.69 Å². The summed E-state index contributed by atoms with van der Waals surface area (Å²) in [5.41, 5.74) is 0.727. The van der Waals surface area contributed by atoms with E-state index in [1.807, 2.05) is 0 Å². The third-order valence-corrected chi connectivity index (χ3v) is 5.23. The average molecular weight is 400 g/mol. The lowest BCUT2D eigenvalue weighted by molar-refractivity contribution is 0.102. The lowest BCUT2D eigenvalue weighted by Gasteiger charge is -2.13. The summed E-state index contributed by atoms with van der Waals surface area (Å²) in [5.74, 6) is -0.530. The number of sulfonamides is 1. The average Bonchev–Trinajstić information content (AvgIpc) is 2.68. The molecule has 144 valence electrons. The van der Waals surface area contributed by atoms with E-state index in [2.05, 4.69) is 10.0 Å². The van der Waals surface area contributed by atoms with Gasteiger partial charge in [0.15, 0.2) is 0 Å². The Morgan fingerprint density at radius 2 is 1.68 bits per heavy atom. The van der Waals surface area contributed by atoms with E-state index in [1.54, 1.807) is 36.4 Å². The van der Waals surface area contributed by atoms with Crippen LogP contribution in [0.3, 0.4) is 0 Å². The first-order valence-corrected chi connectivity index (χ1v) is 9.70. The van der Waals surface area contributed by atoms with E-state index < -0.39 is 21.7 Å². The van der Waals surface area contributed by atoms with Gasteiger partial charge in [-0.05, 0) is 54.6 Å². The summed E-state index contributed by atoms with van der Waals surface area (Å²) in [7, 11) is -2.52. The summed E-state index contributed by atoms with van der Waals surface area (Å²) >= 11 is 0. The number of para-hydroxylation sites is 1. The molecule has 0 aromatic heterocycles. The van der Waals surface area contributed by atoms with E-state index in [0.29, 0.717) is 11.4 Å². The molecule has 0 radical (unpaired) electrons. The highest BCUT2D eigenvalue weighted by Crippen LogP contribution is 2.22. The first kappa shape index (κ1) is 19.4.